The van der Waals surface area contributed by atoms with Gasteiger partial charge in [-0.15, -0.1) is 0 Å². The number of carboxylic acid groups (broad SMARTS) is 1. The third-order valence-electron chi connectivity index (χ3n) is 3.15. The van der Waals surface area contributed by atoms with Crippen LogP contribution in [0.5, 0.6) is 0 Å². The van der Waals surface area contributed by atoms with Gasteiger partial charge in [0.25, 0.3) is 0 Å². The van der Waals surface area contributed by atoms with Crippen molar-refractivity contribution in [1.29, 1.82) is 0 Å². The third kappa shape index (κ3) is 4.06. The fourth-order valence-electron chi connectivity index (χ4n) is 1.56. The summed E-state index contributed by atoms with van der Waals surface area (Å²) in [6, 6.07) is 7.95. The second kappa shape index (κ2) is 5.17. The van der Waals surface area contributed by atoms with Gasteiger partial charge in [0, 0.05) is 0 Å². The van der Waals surface area contributed by atoms with Gasteiger partial charge < -0.3 is 9.90 Å². The molecule has 0 aromatic heterocycles. The molecular weight excluding hydrogens is 212 g/mol. The van der Waals surface area contributed by atoms with Crippen molar-refractivity contribution in [3.05, 3.63) is 41.5 Å². The summed E-state index contributed by atoms with van der Waals surface area (Å²) in [6.45, 7) is 8.83. The number of benzene rings is 1. The van der Waals surface area contributed by atoms with E-state index in [0.29, 0.717) is 5.92 Å². The largest absolute Gasteiger partial charge is 0.545 e. The Bertz CT molecular complexity index is 408. The first-order chi connectivity index (χ1) is 7.80. The first-order valence-electron chi connectivity index (χ1n) is 5.79. The maximum Gasteiger partial charge on any atom is 0.0643 e. The van der Waals surface area contributed by atoms with Crippen molar-refractivity contribution in [1.82, 2.24) is 0 Å². The highest BCUT2D eigenvalue weighted by molar-refractivity contribution is 5.83. The van der Waals surface area contributed by atoms with Gasteiger partial charge in [0.2, 0.25) is 0 Å². The van der Waals surface area contributed by atoms with Crippen LogP contribution in [0.3, 0.4) is 0 Å². The molecule has 0 amide bonds. The highest BCUT2D eigenvalue weighted by Crippen LogP contribution is 2.34. The molecule has 2 heteroatoms. The van der Waals surface area contributed by atoms with Crippen LogP contribution in [0.2, 0.25) is 0 Å². The smallest absolute Gasteiger partial charge is 0.0643 e. The Hall–Kier alpha value is -1.57. The van der Waals surface area contributed by atoms with E-state index in [0.717, 1.165) is 11.6 Å². The highest BCUT2D eigenvalue weighted by atomic mass is 16.4. The van der Waals surface area contributed by atoms with Gasteiger partial charge >= 0.3 is 0 Å². The monoisotopic (exact) mass is 231 g/mol. The van der Waals surface area contributed by atoms with Gasteiger partial charge in [-0.3, -0.25) is 0 Å². The Kier molecular flexibility index (Phi) is 4.11. The van der Waals surface area contributed by atoms with Gasteiger partial charge in [-0.1, -0.05) is 58.0 Å². The zero-order valence-electron chi connectivity index (χ0n) is 10.9. The van der Waals surface area contributed by atoms with Gasteiger partial charge in [0.15, 0.2) is 0 Å². The van der Waals surface area contributed by atoms with Gasteiger partial charge in [-0.2, -0.15) is 0 Å². The van der Waals surface area contributed by atoms with Crippen molar-refractivity contribution < 1.29 is 9.90 Å². The van der Waals surface area contributed by atoms with E-state index in [1.54, 1.807) is 6.08 Å². The number of rotatable bonds is 3. The van der Waals surface area contributed by atoms with E-state index in [1.165, 1.54) is 5.56 Å². The predicted molar refractivity (Wildman–Crippen MR) is 68.4 cm³/mol. The summed E-state index contributed by atoms with van der Waals surface area (Å²) < 4.78 is 0. The summed E-state index contributed by atoms with van der Waals surface area (Å²) in [4.78, 5) is 10.3. The minimum Gasteiger partial charge on any atom is -0.545 e. The van der Waals surface area contributed by atoms with E-state index in [9.17, 15) is 9.90 Å². The van der Waals surface area contributed by atoms with Crippen LogP contribution in [0.1, 0.15) is 44.7 Å². The number of carbonyl (C=O) groups is 1. The summed E-state index contributed by atoms with van der Waals surface area (Å²) in [6.07, 6.45) is 2.59. The molecule has 17 heavy (non-hydrogen) atoms. The van der Waals surface area contributed by atoms with E-state index in [2.05, 4.69) is 27.7 Å². The molecule has 2 nitrogen and oxygen atoms in total. The lowest BCUT2D eigenvalue weighted by Gasteiger charge is -2.27. The van der Waals surface area contributed by atoms with E-state index >= 15 is 0 Å². The van der Waals surface area contributed by atoms with E-state index < -0.39 is 5.97 Å². The molecule has 0 saturated heterocycles. The molecule has 0 aliphatic heterocycles. The lowest BCUT2D eigenvalue weighted by Crippen LogP contribution is -2.18. The lowest BCUT2D eigenvalue weighted by atomic mass is 9.78. The number of carbonyl (C=O) groups excluding carboxylic acids is 1. The Labute approximate surface area is 103 Å². The fraction of sp³-hybridized carbons (Fsp3) is 0.400. The van der Waals surface area contributed by atoms with Crippen molar-refractivity contribution in [2.45, 2.75) is 33.6 Å². The van der Waals surface area contributed by atoms with Crippen molar-refractivity contribution >= 4 is 12.0 Å². The first kappa shape index (κ1) is 13.5. The molecule has 0 N–H and O–H groups in total. The maximum atomic E-state index is 10.3. The molecule has 92 valence electrons. The van der Waals surface area contributed by atoms with Gasteiger partial charge in [-0.05, 0) is 28.5 Å². The zero-order chi connectivity index (χ0) is 13.1. The minimum absolute atomic E-state index is 0.225. The number of hydrogen-bond donors (Lipinski definition) is 0. The van der Waals surface area contributed by atoms with Crippen LogP contribution in [-0.4, -0.2) is 5.97 Å². The van der Waals surface area contributed by atoms with Crippen LogP contribution in [0, 0.1) is 5.41 Å². The van der Waals surface area contributed by atoms with E-state index in [1.807, 2.05) is 24.3 Å². The second-order valence-electron chi connectivity index (χ2n) is 5.41. The molecule has 1 atom stereocenters. The summed E-state index contributed by atoms with van der Waals surface area (Å²) >= 11 is 0. The fourth-order valence-corrected chi connectivity index (χ4v) is 1.56. The second-order valence-corrected chi connectivity index (χ2v) is 5.41. The van der Waals surface area contributed by atoms with Crippen LogP contribution < -0.4 is 5.11 Å². The third-order valence-corrected chi connectivity index (χ3v) is 3.15. The summed E-state index contributed by atoms with van der Waals surface area (Å²) in [5, 5.41) is 10.3. The van der Waals surface area contributed by atoms with Crippen LogP contribution in [0.4, 0.5) is 0 Å². The van der Waals surface area contributed by atoms with Gasteiger partial charge in [0.05, 0.1) is 5.97 Å². The standard InChI is InChI=1S/C15H20O2/c1-11(15(2,3)4)13-8-5-12(6-9-13)7-10-14(16)17/h5-11H,1-4H3,(H,16,17)/p-1/b10-7+. The van der Waals surface area contributed by atoms with E-state index in [-0.39, 0.29) is 5.41 Å². The summed E-state index contributed by atoms with van der Waals surface area (Å²) in [5.74, 6) is -0.709. The Morgan fingerprint density at radius 2 is 1.76 bits per heavy atom. The molecule has 0 heterocycles. The average molecular weight is 231 g/mol. The average Bonchev–Trinajstić information content (AvgIpc) is 2.25. The van der Waals surface area contributed by atoms with Gasteiger partial charge in [-0.25, -0.2) is 0 Å². The van der Waals surface area contributed by atoms with Crippen molar-refractivity contribution in [2.75, 3.05) is 0 Å². The number of carboxylic acids is 1. The summed E-state index contributed by atoms with van der Waals surface area (Å²) in [5.41, 5.74) is 2.37. The quantitative estimate of drug-likeness (QED) is 0.750. The molecular formula is C15H19O2-. The molecule has 1 rings (SSSR count). The zero-order valence-corrected chi connectivity index (χ0v) is 10.9. The number of aliphatic carboxylic acids is 1. The Balaban J connectivity index is 2.85. The normalized spacial score (nSPS) is 13.9. The number of hydrogen-bond acceptors (Lipinski definition) is 2. The molecule has 1 unspecified atom stereocenters. The molecule has 0 aliphatic carbocycles. The molecule has 1 aromatic rings. The molecule has 0 bridgehead atoms. The summed E-state index contributed by atoms with van der Waals surface area (Å²) in [7, 11) is 0. The SMILES string of the molecule is CC(c1ccc(/C=C/C(=O)[O-])cc1)C(C)(C)C. The predicted octanol–water partition coefficient (Wildman–Crippen LogP) is 2.60. The molecule has 0 radical (unpaired) electrons. The van der Waals surface area contributed by atoms with Gasteiger partial charge in [0.1, 0.15) is 0 Å². The molecule has 0 fully saturated rings. The lowest BCUT2D eigenvalue weighted by molar-refractivity contribution is -0.297. The van der Waals surface area contributed by atoms with Crippen molar-refractivity contribution in [3.8, 4) is 0 Å². The highest BCUT2D eigenvalue weighted by Gasteiger charge is 2.21. The Morgan fingerprint density at radius 3 is 2.18 bits per heavy atom. The molecule has 0 saturated carbocycles. The van der Waals surface area contributed by atoms with Crippen LogP contribution in [0.25, 0.3) is 6.08 Å². The van der Waals surface area contributed by atoms with Crippen LogP contribution >= 0.6 is 0 Å². The first-order valence-corrected chi connectivity index (χ1v) is 5.79. The van der Waals surface area contributed by atoms with Crippen molar-refractivity contribution in [2.24, 2.45) is 5.41 Å². The molecule has 0 aliphatic rings. The topological polar surface area (TPSA) is 40.1 Å². The maximum absolute atomic E-state index is 10.3. The molecule has 0 spiro atoms. The minimum atomic E-state index is -1.17. The Morgan fingerprint density at radius 1 is 1.24 bits per heavy atom. The van der Waals surface area contributed by atoms with E-state index in [4.69, 9.17) is 0 Å². The van der Waals surface area contributed by atoms with Crippen LogP contribution in [-0.2, 0) is 4.79 Å². The molecule has 1 aromatic carbocycles. The van der Waals surface area contributed by atoms with Crippen LogP contribution in [0.15, 0.2) is 30.3 Å². The van der Waals surface area contributed by atoms with Crippen molar-refractivity contribution in [3.63, 3.8) is 0 Å².